The number of hydrogen-bond donors (Lipinski definition) is 1. The van der Waals surface area contributed by atoms with Gasteiger partial charge in [0, 0.05) is 33.3 Å². The smallest absolute Gasteiger partial charge is 0.294 e. The van der Waals surface area contributed by atoms with Crippen LogP contribution in [0.2, 0.25) is 5.02 Å². The second kappa shape index (κ2) is 11.4. The van der Waals surface area contributed by atoms with Crippen molar-refractivity contribution in [2.24, 2.45) is 5.73 Å². The van der Waals surface area contributed by atoms with Gasteiger partial charge in [-0.3, -0.25) is 19.8 Å². The van der Waals surface area contributed by atoms with E-state index in [9.17, 15) is 20.2 Å². The Morgan fingerprint density at radius 1 is 1.15 bits per heavy atom. The lowest BCUT2D eigenvalue weighted by molar-refractivity contribution is -0.384. The molecule has 1 aliphatic heterocycles. The van der Waals surface area contributed by atoms with Crippen LogP contribution in [0.15, 0.2) is 81.7 Å². The van der Waals surface area contributed by atoms with Gasteiger partial charge in [-0.15, -0.1) is 0 Å². The number of ketones is 1. The SMILES string of the molecule is Cc1cc(C)c(C2C(C#N)=C(N)N(c3ccc(Cl)cc3[N+](=O)[O-])C3=C2C(=O)CCC3)cc1COc1ccc(Br)cc1. The third kappa shape index (κ3) is 5.33. The Morgan fingerprint density at radius 2 is 1.88 bits per heavy atom. The molecule has 1 atom stereocenters. The molecule has 2 N–H and O–H groups in total. The maximum absolute atomic E-state index is 13.6. The van der Waals surface area contributed by atoms with Crippen LogP contribution in [0, 0.1) is 35.3 Å². The van der Waals surface area contributed by atoms with E-state index < -0.39 is 10.8 Å². The summed E-state index contributed by atoms with van der Waals surface area (Å²) in [5, 5.41) is 22.6. The van der Waals surface area contributed by atoms with Gasteiger partial charge >= 0.3 is 0 Å². The number of hydrogen-bond acceptors (Lipinski definition) is 7. The summed E-state index contributed by atoms with van der Waals surface area (Å²) < 4.78 is 7.00. The Balaban J connectivity index is 1.66. The summed E-state index contributed by atoms with van der Waals surface area (Å²) in [6.07, 6.45) is 1.35. The van der Waals surface area contributed by atoms with Gasteiger partial charge in [0.1, 0.15) is 23.9 Å². The van der Waals surface area contributed by atoms with Gasteiger partial charge in [-0.2, -0.15) is 5.26 Å². The number of halogens is 2. The fraction of sp³-hybridized carbons (Fsp3) is 0.226. The maximum atomic E-state index is 13.6. The van der Waals surface area contributed by atoms with E-state index in [1.807, 2.05) is 50.2 Å². The molecule has 0 amide bonds. The highest BCUT2D eigenvalue weighted by atomic mass is 79.9. The van der Waals surface area contributed by atoms with Crippen molar-refractivity contribution in [1.82, 2.24) is 0 Å². The zero-order chi connectivity index (χ0) is 29.4. The molecule has 1 heterocycles. The van der Waals surface area contributed by atoms with Crippen LogP contribution in [-0.4, -0.2) is 10.7 Å². The summed E-state index contributed by atoms with van der Waals surface area (Å²) in [6.45, 7) is 4.22. The highest BCUT2D eigenvalue weighted by Gasteiger charge is 2.42. The molecule has 41 heavy (non-hydrogen) atoms. The van der Waals surface area contributed by atoms with Crippen molar-refractivity contribution in [1.29, 1.82) is 5.26 Å². The van der Waals surface area contributed by atoms with Crippen LogP contribution in [-0.2, 0) is 11.4 Å². The molecule has 2 aliphatic rings. The van der Waals surface area contributed by atoms with Crippen molar-refractivity contribution in [3.8, 4) is 11.8 Å². The van der Waals surface area contributed by atoms with Gasteiger partial charge < -0.3 is 10.5 Å². The van der Waals surface area contributed by atoms with Crippen LogP contribution in [0.3, 0.4) is 0 Å². The zero-order valence-electron chi connectivity index (χ0n) is 22.4. The molecule has 3 aromatic carbocycles. The number of Topliss-reactive ketones (excluding diaryl/α,β-unsaturated/α-hetero) is 1. The fourth-order valence-corrected chi connectivity index (χ4v) is 6.01. The predicted molar refractivity (Wildman–Crippen MR) is 160 cm³/mol. The van der Waals surface area contributed by atoms with E-state index in [4.69, 9.17) is 22.1 Å². The Kier molecular flexibility index (Phi) is 7.89. The molecule has 8 nitrogen and oxygen atoms in total. The summed E-state index contributed by atoms with van der Waals surface area (Å²) in [4.78, 5) is 26.5. The minimum absolute atomic E-state index is 0.0593. The first-order chi connectivity index (χ1) is 19.6. The molecule has 0 radical (unpaired) electrons. The molecule has 0 saturated heterocycles. The number of nitrogens with zero attached hydrogens (tertiary/aromatic N) is 3. The van der Waals surface area contributed by atoms with Crippen molar-refractivity contribution >= 4 is 44.7 Å². The van der Waals surface area contributed by atoms with Crippen LogP contribution >= 0.6 is 27.5 Å². The number of nitriles is 1. The lowest BCUT2D eigenvalue weighted by Crippen LogP contribution is -2.39. The van der Waals surface area contributed by atoms with Gasteiger partial charge in [0.15, 0.2) is 5.78 Å². The lowest BCUT2D eigenvalue weighted by Gasteiger charge is -2.39. The largest absolute Gasteiger partial charge is 0.489 e. The first-order valence-electron chi connectivity index (χ1n) is 13.0. The minimum Gasteiger partial charge on any atom is -0.489 e. The van der Waals surface area contributed by atoms with E-state index in [2.05, 4.69) is 22.0 Å². The van der Waals surface area contributed by atoms with Crippen LogP contribution in [0.25, 0.3) is 0 Å². The third-order valence-corrected chi connectivity index (χ3v) is 8.30. The molecule has 0 bridgehead atoms. The second-order valence-corrected chi connectivity index (χ2v) is 11.4. The Labute approximate surface area is 250 Å². The summed E-state index contributed by atoms with van der Waals surface area (Å²) >= 11 is 9.50. The topological polar surface area (TPSA) is 122 Å². The van der Waals surface area contributed by atoms with E-state index in [1.165, 1.54) is 23.1 Å². The molecule has 0 aromatic heterocycles. The first-order valence-corrected chi connectivity index (χ1v) is 14.2. The summed E-state index contributed by atoms with van der Waals surface area (Å²) in [5.41, 5.74) is 11.3. The van der Waals surface area contributed by atoms with E-state index in [1.54, 1.807) is 0 Å². The van der Waals surface area contributed by atoms with Gasteiger partial charge in [-0.05, 0) is 85.3 Å². The van der Waals surface area contributed by atoms with Gasteiger partial charge in [0.05, 0.1) is 22.5 Å². The Hall–Kier alpha value is -4.13. The zero-order valence-corrected chi connectivity index (χ0v) is 24.8. The molecule has 3 aromatic rings. The van der Waals surface area contributed by atoms with E-state index in [0.717, 1.165) is 26.7 Å². The van der Waals surface area contributed by atoms with Crippen molar-refractivity contribution in [3.63, 3.8) is 0 Å². The summed E-state index contributed by atoms with van der Waals surface area (Å²) in [6, 6.07) is 18.0. The number of carbonyl (C=O) groups excluding carboxylic acids is 1. The maximum Gasteiger partial charge on any atom is 0.294 e. The Morgan fingerprint density at radius 3 is 2.56 bits per heavy atom. The van der Waals surface area contributed by atoms with Crippen LogP contribution in [0.5, 0.6) is 5.75 Å². The number of aryl methyl sites for hydroxylation is 2. The molecule has 10 heteroatoms. The number of nitro groups is 1. The average molecular weight is 634 g/mol. The molecule has 5 rings (SSSR count). The van der Waals surface area contributed by atoms with Gasteiger partial charge in [-0.25, -0.2) is 0 Å². The standard InChI is InChI=1S/C31H26BrClN4O4/c1-17-12-18(2)23(13-19(17)16-41-22-9-6-20(32)7-10-22)29-24(15-34)31(35)36(26-4-3-5-28(38)30(26)29)25-11-8-21(33)14-27(25)37(39)40/h6-14,29H,3-5,16,35H2,1-2H3. The molecule has 1 aliphatic carbocycles. The number of carbonyl (C=O) groups is 1. The third-order valence-electron chi connectivity index (χ3n) is 7.53. The van der Waals surface area contributed by atoms with Crippen LogP contribution in [0.4, 0.5) is 11.4 Å². The number of benzene rings is 3. The summed E-state index contributed by atoms with van der Waals surface area (Å²) in [5.74, 6) is -0.0471. The molecule has 0 fully saturated rings. The van der Waals surface area contributed by atoms with Gasteiger partial charge in [0.2, 0.25) is 0 Å². The highest BCUT2D eigenvalue weighted by molar-refractivity contribution is 9.10. The van der Waals surface area contributed by atoms with E-state index in [0.29, 0.717) is 36.3 Å². The molecule has 1 unspecified atom stereocenters. The van der Waals surface area contributed by atoms with E-state index >= 15 is 0 Å². The first kappa shape index (κ1) is 28.4. The number of rotatable bonds is 6. The number of allylic oxidation sites excluding steroid dienone is 3. The molecule has 208 valence electrons. The molecular formula is C31H26BrClN4O4. The molecule has 0 saturated carbocycles. The van der Waals surface area contributed by atoms with Gasteiger partial charge in [-0.1, -0.05) is 39.7 Å². The Bertz CT molecular complexity index is 1690. The quantitative estimate of drug-likeness (QED) is 0.220. The van der Waals surface area contributed by atoms with Gasteiger partial charge in [0.25, 0.3) is 5.69 Å². The average Bonchev–Trinajstić information content (AvgIpc) is 2.93. The number of anilines is 1. The fourth-order valence-electron chi connectivity index (χ4n) is 5.58. The lowest BCUT2D eigenvalue weighted by atomic mass is 9.74. The van der Waals surface area contributed by atoms with Crippen LogP contribution < -0.4 is 15.4 Å². The number of ether oxygens (including phenoxy) is 1. The van der Waals surface area contributed by atoms with Crippen molar-refractivity contribution in [2.45, 2.75) is 45.6 Å². The second-order valence-electron chi connectivity index (χ2n) is 10.1. The van der Waals surface area contributed by atoms with Crippen molar-refractivity contribution in [3.05, 3.63) is 119 Å². The molecule has 0 spiro atoms. The normalized spacial score (nSPS) is 16.9. The minimum atomic E-state index is -0.711. The number of nitro benzene ring substituents is 1. The number of nitrogens with two attached hydrogens (primary N) is 1. The highest BCUT2D eigenvalue weighted by Crippen LogP contribution is 2.49. The molecular weight excluding hydrogens is 608 g/mol. The predicted octanol–water partition coefficient (Wildman–Crippen LogP) is 7.51. The monoisotopic (exact) mass is 632 g/mol. The van der Waals surface area contributed by atoms with E-state index in [-0.39, 0.29) is 40.2 Å². The van der Waals surface area contributed by atoms with Crippen molar-refractivity contribution < 1.29 is 14.5 Å². The van der Waals surface area contributed by atoms with Crippen LogP contribution in [0.1, 0.15) is 47.4 Å². The van der Waals surface area contributed by atoms with Crippen molar-refractivity contribution in [2.75, 3.05) is 4.90 Å². The summed E-state index contributed by atoms with van der Waals surface area (Å²) in [7, 11) is 0.